The van der Waals surface area contributed by atoms with Crippen molar-refractivity contribution in [2.75, 3.05) is 5.32 Å². The van der Waals surface area contributed by atoms with Gasteiger partial charge in [-0.1, -0.05) is 12.0 Å². The van der Waals surface area contributed by atoms with Crippen LogP contribution >= 0.6 is 0 Å². The maximum atomic E-state index is 12.1. The Balaban J connectivity index is 2.28. The van der Waals surface area contributed by atoms with Gasteiger partial charge in [0.2, 0.25) is 0 Å². The van der Waals surface area contributed by atoms with Gasteiger partial charge in [-0.3, -0.25) is 9.78 Å². The lowest BCUT2D eigenvalue weighted by Gasteiger charge is -2.07. The molecule has 18 heavy (non-hydrogen) atoms. The van der Waals surface area contributed by atoms with Gasteiger partial charge in [-0.15, -0.1) is 6.42 Å². The van der Waals surface area contributed by atoms with Crippen molar-refractivity contribution in [1.82, 2.24) is 4.98 Å². The smallest absolute Gasteiger partial charge is 0.256 e. The number of hydrogen-bond acceptors (Lipinski definition) is 2. The van der Waals surface area contributed by atoms with Crippen molar-refractivity contribution in [1.29, 1.82) is 0 Å². The summed E-state index contributed by atoms with van der Waals surface area (Å²) in [5.74, 6) is 2.30. The number of carbonyl (C=O) groups excluding carboxylic acids is 1. The summed E-state index contributed by atoms with van der Waals surface area (Å²) in [5, 5.41) is 2.76. The predicted octanol–water partition coefficient (Wildman–Crippen LogP) is 2.62. The second-order valence-electron chi connectivity index (χ2n) is 3.89. The highest BCUT2D eigenvalue weighted by molar-refractivity contribution is 6.05. The molecule has 0 saturated carbocycles. The number of pyridine rings is 1. The van der Waals surface area contributed by atoms with Gasteiger partial charge >= 0.3 is 0 Å². The molecule has 0 fully saturated rings. The zero-order valence-electron chi connectivity index (χ0n) is 9.97. The van der Waals surface area contributed by atoms with Gasteiger partial charge in [-0.2, -0.15) is 0 Å². The molecule has 3 heteroatoms. The van der Waals surface area contributed by atoms with Gasteiger partial charge in [-0.25, -0.2) is 0 Å². The summed E-state index contributed by atoms with van der Waals surface area (Å²) in [6, 6.07) is 8.94. The molecule has 3 nitrogen and oxygen atoms in total. The molecule has 88 valence electrons. The minimum Gasteiger partial charge on any atom is -0.321 e. The molecule has 0 aliphatic carbocycles. The standard InChI is InChI=1S/C15H12N2O/c1-3-12-9-11(2)6-7-14(12)15(18)17-13-5-4-8-16-10-13/h1,4-10H,2H3,(H,17,18). The Morgan fingerprint density at radius 1 is 1.39 bits per heavy atom. The Labute approximate surface area is 106 Å². The van der Waals surface area contributed by atoms with Gasteiger partial charge in [0.15, 0.2) is 0 Å². The first-order valence-electron chi connectivity index (χ1n) is 5.49. The molecule has 1 aromatic heterocycles. The molecule has 0 unspecified atom stereocenters. The fourth-order valence-electron chi connectivity index (χ4n) is 1.61. The molecule has 2 aromatic rings. The summed E-state index contributed by atoms with van der Waals surface area (Å²) in [4.78, 5) is 16.0. The van der Waals surface area contributed by atoms with E-state index in [1.54, 1.807) is 30.6 Å². The van der Waals surface area contributed by atoms with Gasteiger partial charge in [0.1, 0.15) is 0 Å². The van der Waals surface area contributed by atoms with E-state index in [2.05, 4.69) is 16.2 Å². The van der Waals surface area contributed by atoms with Crippen molar-refractivity contribution in [3.05, 3.63) is 59.4 Å². The second-order valence-corrected chi connectivity index (χ2v) is 3.89. The van der Waals surface area contributed by atoms with Crippen molar-refractivity contribution < 1.29 is 4.79 Å². The van der Waals surface area contributed by atoms with E-state index >= 15 is 0 Å². The van der Waals surface area contributed by atoms with Crippen LogP contribution in [-0.4, -0.2) is 10.9 Å². The highest BCUT2D eigenvalue weighted by Gasteiger charge is 2.10. The van der Waals surface area contributed by atoms with Crippen LogP contribution in [0.4, 0.5) is 5.69 Å². The lowest BCUT2D eigenvalue weighted by Crippen LogP contribution is -2.13. The minimum atomic E-state index is -0.226. The first-order chi connectivity index (χ1) is 8.70. The summed E-state index contributed by atoms with van der Waals surface area (Å²) >= 11 is 0. The Morgan fingerprint density at radius 2 is 2.22 bits per heavy atom. The number of terminal acetylenes is 1. The topological polar surface area (TPSA) is 42.0 Å². The number of benzene rings is 1. The van der Waals surface area contributed by atoms with Crippen molar-refractivity contribution >= 4 is 11.6 Å². The van der Waals surface area contributed by atoms with Crippen LogP contribution < -0.4 is 5.32 Å². The van der Waals surface area contributed by atoms with E-state index in [-0.39, 0.29) is 5.91 Å². The molecule has 1 N–H and O–H groups in total. The van der Waals surface area contributed by atoms with Crippen LogP contribution in [0.5, 0.6) is 0 Å². The largest absolute Gasteiger partial charge is 0.321 e. The predicted molar refractivity (Wildman–Crippen MR) is 71.3 cm³/mol. The molecule has 0 aliphatic rings. The fourth-order valence-corrected chi connectivity index (χ4v) is 1.61. The third-order valence-corrected chi connectivity index (χ3v) is 2.49. The number of amides is 1. The molecule has 0 bridgehead atoms. The second kappa shape index (κ2) is 5.15. The summed E-state index contributed by atoms with van der Waals surface area (Å²) in [5.41, 5.74) is 2.76. The van der Waals surface area contributed by atoms with Crippen molar-refractivity contribution in [3.63, 3.8) is 0 Å². The molecule has 0 saturated heterocycles. The number of rotatable bonds is 2. The normalized spacial score (nSPS) is 9.56. The van der Waals surface area contributed by atoms with Gasteiger partial charge in [0, 0.05) is 11.8 Å². The van der Waals surface area contributed by atoms with Crippen LogP contribution in [0.2, 0.25) is 0 Å². The van der Waals surface area contributed by atoms with E-state index in [4.69, 9.17) is 6.42 Å². The number of aromatic nitrogens is 1. The minimum absolute atomic E-state index is 0.226. The van der Waals surface area contributed by atoms with Crippen LogP contribution in [0.1, 0.15) is 21.5 Å². The van der Waals surface area contributed by atoms with Crippen LogP contribution in [0.25, 0.3) is 0 Å². The summed E-state index contributed by atoms with van der Waals surface area (Å²) in [7, 11) is 0. The van der Waals surface area contributed by atoms with Gasteiger partial charge in [0.25, 0.3) is 5.91 Å². The Hall–Kier alpha value is -2.60. The monoisotopic (exact) mass is 236 g/mol. The van der Waals surface area contributed by atoms with Crippen LogP contribution in [0.15, 0.2) is 42.7 Å². The number of anilines is 1. The third kappa shape index (κ3) is 2.55. The average Bonchev–Trinajstić information content (AvgIpc) is 2.39. The van der Waals surface area contributed by atoms with Crippen molar-refractivity contribution in [2.45, 2.75) is 6.92 Å². The summed E-state index contributed by atoms with van der Waals surface area (Å²) in [6.45, 7) is 1.93. The van der Waals surface area contributed by atoms with E-state index in [9.17, 15) is 4.79 Å². The number of nitrogens with zero attached hydrogens (tertiary/aromatic N) is 1. The SMILES string of the molecule is C#Cc1cc(C)ccc1C(=O)Nc1cccnc1. The fraction of sp³-hybridized carbons (Fsp3) is 0.0667. The van der Waals surface area contributed by atoms with Gasteiger partial charge < -0.3 is 5.32 Å². The Kier molecular flexibility index (Phi) is 3.40. The number of carbonyl (C=O) groups is 1. The van der Waals surface area contributed by atoms with Crippen molar-refractivity contribution in [3.8, 4) is 12.3 Å². The van der Waals surface area contributed by atoms with Crippen LogP contribution in [0.3, 0.4) is 0 Å². The summed E-state index contributed by atoms with van der Waals surface area (Å²) in [6.07, 6.45) is 8.64. The molecule has 1 amide bonds. The highest BCUT2D eigenvalue weighted by atomic mass is 16.1. The van der Waals surface area contributed by atoms with Gasteiger partial charge in [-0.05, 0) is 36.8 Å². The molecule has 1 heterocycles. The number of aryl methyl sites for hydroxylation is 1. The van der Waals surface area contributed by atoms with E-state index in [1.807, 2.05) is 19.1 Å². The molecule has 0 aliphatic heterocycles. The lowest BCUT2D eigenvalue weighted by molar-refractivity contribution is 0.102. The molecule has 0 radical (unpaired) electrons. The molecule has 0 spiro atoms. The van der Waals surface area contributed by atoms with Crippen LogP contribution in [-0.2, 0) is 0 Å². The maximum absolute atomic E-state index is 12.1. The molecule has 0 atom stereocenters. The highest BCUT2D eigenvalue weighted by Crippen LogP contribution is 2.13. The third-order valence-electron chi connectivity index (χ3n) is 2.49. The van der Waals surface area contributed by atoms with Gasteiger partial charge in [0.05, 0.1) is 17.4 Å². The average molecular weight is 236 g/mol. The van der Waals surface area contributed by atoms with Crippen LogP contribution in [0, 0.1) is 19.3 Å². The Bertz CT molecular complexity index is 612. The maximum Gasteiger partial charge on any atom is 0.256 e. The quantitative estimate of drug-likeness (QED) is 0.814. The Morgan fingerprint density at radius 3 is 2.89 bits per heavy atom. The number of hydrogen-bond donors (Lipinski definition) is 1. The first kappa shape index (κ1) is 11.9. The lowest BCUT2D eigenvalue weighted by atomic mass is 10.0. The summed E-state index contributed by atoms with van der Waals surface area (Å²) < 4.78 is 0. The van der Waals surface area contributed by atoms with E-state index in [0.29, 0.717) is 16.8 Å². The molecular formula is C15H12N2O. The molecule has 2 rings (SSSR count). The molecular weight excluding hydrogens is 224 g/mol. The molecule has 1 aromatic carbocycles. The zero-order valence-corrected chi connectivity index (χ0v) is 9.97. The van der Waals surface area contributed by atoms with E-state index in [1.165, 1.54) is 0 Å². The van der Waals surface area contributed by atoms with Crippen molar-refractivity contribution in [2.24, 2.45) is 0 Å². The van der Waals surface area contributed by atoms with E-state index in [0.717, 1.165) is 5.56 Å². The zero-order chi connectivity index (χ0) is 13.0. The number of nitrogens with one attached hydrogen (secondary N) is 1. The first-order valence-corrected chi connectivity index (χ1v) is 5.49. The van der Waals surface area contributed by atoms with E-state index < -0.39 is 0 Å².